The van der Waals surface area contributed by atoms with E-state index in [1.54, 1.807) is 70.6 Å². The van der Waals surface area contributed by atoms with Crippen molar-refractivity contribution >= 4 is 95.4 Å². The number of esters is 1. The molecule has 26 nitrogen and oxygen atoms in total. The first-order chi connectivity index (χ1) is 58.8. The van der Waals surface area contributed by atoms with Gasteiger partial charge in [-0.25, -0.2) is 81.3 Å². The zero-order valence-electron chi connectivity index (χ0n) is 69.4. The summed E-state index contributed by atoms with van der Waals surface area (Å²) in [5.74, 6) is -6.60. The molecule has 688 valence electrons. The molecule has 127 heavy (non-hydrogen) atoms. The lowest BCUT2D eigenvalue weighted by molar-refractivity contribution is -0.156. The number of thioether (sulfide) groups is 2. The molecule has 4 aromatic heterocycles. The minimum absolute atomic E-state index is 0. The van der Waals surface area contributed by atoms with E-state index in [1.807, 2.05) is 20.8 Å². The number of rotatable bonds is 21. The summed E-state index contributed by atoms with van der Waals surface area (Å²) in [5, 5.41) is 29.7. The molecule has 43 heteroatoms. The number of aromatic nitrogens is 8. The Hall–Kier alpha value is -10.1. The van der Waals surface area contributed by atoms with Crippen LogP contribution in [0.15, 0.2) is 183 Å². The molecule has 5 aromatic carbocycles. The van der Waals surface area contributed by atoms with Crippen LogP contribution in [0.3, 0.4) is 0 Å². The van der Waals surface area contributed by atoms with Gasteiger partial charge in [-0.2, -0.15) is 36.5 Å². The van der Waals surface area contributed by atoms with Gasteiger partial charge in [0, 0.05) is 68.4 Å². The summed E-state index contributed by atoms with van der Waals surface area (Å²) < 4.78 is 226. The molecule has 4 heterocycles. The Labute approximate surface area is 740 Å². The number of hydrogen-bond donors (Lipinski definition) is 5. The topological polar surface area (TPSA) is 384 Å². The standard InChI is InChI=1S/C21H19F4N5O3S.C16H21FO2S.C15H20FNO4S.C11H9F3N4O2.C11H11FO2S.C10H12FNO2S.ClH/c1-12-13(11-30(29-12)15-9-26-20(27-10-15)21(23,24)25)8-19(31)28-17-6-7-18(17)34(32,33)16-4-2-14(22)3-5-16;1-16(2,3)19-15(18)10-11-4-9-14(11)20-13-7-5-12(17)6-8-13;1-15(2,3)21-14(18)17-12-8-9-13(12)22(19,20)11-6-4-10(16)5-7-11;1-6-7(2-9(19)20)5-18(17-6)8-3-15-10(16-4-8)11(12,13)14;12-7-1-3-8(4-2-7)15-10-6-5-9(10)11(13)14;11-7-1-3-8(4-2-7)15(13,14)10-6-5-9(10)12;/h2-5,9-11,17-18H,6-8H2,1H3,(H,28,31);5-8,11,14H,4,9-10H2,1-3H3;4-7,12-13H,8-9H2,1-3H3,(H,17,18);3-5H,2H2,1H3,(H,19,20);1-4,9-10H,5-6H2,(H,13,14);1-4,9-10H,5-6,12H2;1H/t17-,18+;;;;;;/m1....../s1. The molecule has 5 saturated carbocycles. The fraction of sp³-hybridized carbons (Fsp3) is 0.417. The van der Waals surface area contributed by atoms with Crippen molar-refractivity contribution in [2.24, 2.45) is 17.6 Å². The van der Waals surface area contributed by atoms with Gasteiger partial charge in [-0.15, -0.1) is 35.9 Å². The lowest BCUT2D eigenvalue weighted by atomic mass is 9.82. The van der Waals surface area contributed by atoms with E-state index < -0.39 is 134 Å². The molecule has 0 spiro atoms. The second kappa shape index (κ2) is 43.3. The van der Waals surface area contributed by atoms with Gasteiger partial charge in [0.05, 0.1) is 85.4 Å². The number of nitrogens with zero attached hydrogens (tertiary/aromatic N) is 8. The molecule has 6 N–H and O–H groups in total. The fourth-order valence-corrected chi connectivity index (χ4v) is 21.3. The predicted octanol–water partition coefficient (Wildman–Crippen LogP) is 15.8. The van der Waals surface area contributed by atoms with Crippen LogP contribution < -0.4 is 16.4 Å². The largest absolute Gasteiger partial charge is 0.481 e. The number of halogens is 12. The van der Waals surface area contributed by atoms with Gasteiger partial charge < -0.3 is 36.1 Å². The van der Waals surface area contributed by atoms with Crippen LogP contribution in [-0.4, -0.2) is 160 Å². The van der Waals surface area contributed by atoms with Crippen LogP contribution in [0.25, 0.3) is 11.4 Å². The molecule has 5 fully saturated rings. The summed E-state index contributed by atoms with van der Waals surface area (Å²) in [6.45, 7) is 14.1. The van der Waals surface area contributed by atoms with E-state index >= 15 is 0 Å². The molecule has 0 bridgehead atoms. The van der Waals surface area contributed by atoms with Crippen LogP contribution in [0.4, 0.5) is 53.1 Å². The lowest BCUT2D eigenvalue weighted by Crippen LogP contribution is -2.54. The number of alkyl carbamates (subject to hydrolysis) is 1. The molecular weight excluding hydrogens is 1810 g/mol. The van der Waals surface area contributed by atoms with E-state index in [9.17, 15) is 97.5 Å². The Balaban J connectivity index is 0.000000193. The zero-order valence-corrected chi connectivity index (χ0v) is 74.3. The second-order valence-electron chi connectivity index (χ2n) is 31.9. The van der Waals surface area contributed by atoms with E-state index in [0.29, 0.717) is 72.2 Å². The second-order valence-corrected chi connectivity index (χ2v) is 41.1. The molecule has 10 atom stereocenters. The van der Waals surface area contributed by atoms with Crippen LogP contribution in [0.5, 0.6) is 0 Å². The normalized spacial score (nSPS) is 20.0. The minimum atomic E-state index is -4.66. The number of carbonyl (C=O) groups is 5. The molecule has 0 aliphatic heterocycles. The number of nitrogens with two attached hydrogens (primary N) is 1. The van der Waals surface area contributed by atoms with Crippen LogP contribution in [0.1, 0.15) is 146 Å². The maximum Gasteiger partial charge on any atom is 0.451 e. The minimum Gasteiger partial charge on any atom is -0.481 e. The summed E-state index contributed by atoms with van der Waals surface area (Å²) in [6, 6.07) is 25.5. The average molecular weight is 1900 g/mol. The number of hydrogen-bond acceptors (Lipinski definition) is 22. The van der Waals surface area contributed by atoms with Crippen molar-refractivity contribution in [3.8, 4) is 11.4 Å². The third kappa shape index (κ3) is 29.2. The van der Waals surface area contributed by atoms with Crippen molar-refractivity contribution in [3.05, 3.63) is 222 Å². The highest BCUT2D eigenvalue weighted by molar-refractivity contribution is 8.00. The first kappa shape index (κ1) is 102. The Bertz CT molecular complexity index is 5610. The monoisotopic (exact) mass is 1900 g/mol. The van der Waals surface area contributed by atoms with E-state index in [1.165, 1.54) is 94.2 Å². The summed E-state index contributed by atoms with van der Waals surface area (Å²) in [6.07, 6.45) is 4.18. The number of carboxylic acids is 2. The molecule has 5 aliphatic carbocycles. The molecule has 0 saturated heterocycles. The van der Waals surface area contributed by atoms with Crippen molar-refractivity contribution in [2.75, 3.05) is 0 Å². The quantitative estimate of drug-likeness (QED) is 0.0253. The molecular formula is C84H93ClF11N11O15S5. The first-order valence-electron chi connectivity index (χ1n) is 39.3. The van der Waals surface area contributed by atoms with Crippen LogP contribution in [-0.2, 0) is 83.4 Å². The zero-order chi connectivity index (χ0) is 92.8. The highest BCUT2D eigenvalue weighted by Crippen LogP contribution is 2.45. The summed E-state index contributed by atoms with van der Waals surface area (Å²) in [5.41, 5.74) is 6.90. The summed E-state index contributed by atoms with van der Waals surface area (Å²) >= 11 is 3.26. The smallest absolute Gasteiger partial charge is 0.451 e. The fourth-order valence-electron chi connectivity index (χ4n) is 12.9. The first-order valence-corrected chi connectivity index (χ1v) is 45.7. The van der Waals surface area contributed by atoms with Gasteiger partial charge in [0.2, 0.25) is 17.6 Å². The average Bonchev–Trinajstić information content (AvgIpc) is 1.77. The highest BCUT2D eigenvalue weighted by atomic mass is 35.5. The van der Waals surface area contributed by atoms with Gasteiger partial charge in [-0.1, -0.05) is 0 Å². The van der Waals surface area contributed by atoms with Crippen molar-refractivity contribution in [1.82, 2.24) is 50.1 Å². The maximum atomic E-state index is 13.1. The van der Waals surface area contributed by atoms with Crippen LogP contribution in [0, 0.1) is 54.8 Å². The number of carboxylic acid groups (broad SMARTS) is 2. The van der Waals surface area contributed by atoms with Gasteiger partial charge in [-0.05, 0) is 247 Å². The molecule has 9 aromatic rings. The highest BCUT2D eigenvalue weighted by Gasteiger charge is 2.46. The number of aliphatic carboxylic acids is 2. The molecule has 8 unspecified atom stereocenters. The third-order valence-electron chi connectivity index (χ3n) is 20.3. The Morgan fingerprint density at radius 2 is 0.827 bits per heavy atom. The number of alkyl halides is 6. The van der Waals surface area contributed by atoms with Crippen LogP contribution in [0.2, 0.25) is 0 Å². The van der Waals surface area contributed by atoms with E-state index in [4.69, 9.17) is 25.4 Å². The van der Waals surface area contributed by atoms with Gasteiger partial charge >= 0.3 is 36.4 Å². The number of sulfone groups is 3. The third-order valence-corrected chi connectivity index (χ3v) is 30.1. The number of benzene rings is 5. The summed E-state index contributed by atoms with van der Waals surface area (Å²) in [4.78, 5) is 72.8. The van der Waals surface area contributed by atoms with Crippen molar-refractivity contribution in [3.63, 3.8) is 0 Å². The van der Waals surface area contributed by atoms with Crippen molar-refractivity contribution < 1.29 is 117 Å². The summed E-state index contributed by atoms with van der Waals surface area (Å²) in [7, 11) is -10.7. The Morgan fingerprint density at radius 1 is 0.472 bits per heavy atom. The molecule has 0 radical (unpaired) electrons. The van der Waals surface area contributed by atoms with E-state index in [0.717, 1.165) is 103 Å². The number of amides is 2. The SMILES string of the molecule is CC(C)(C)OC(=O)CC1CCC1Sc1ccc(F)cc1.CC(C)(C)OC(=O)NC1CCC1S(=O)(=O)c1ccc(F)cc1.Cc1nn(-c2cnc(C(F)(F)F)nc2)cc1CC(=O)N[C@@H]1CC[C@@H]1S(=O)(=O)c1ccc(F)cc1.Cc1nn(-c2cnc(C(F)(F)F)nc2)cc1CC(=O)O.Cl.NC1CCC1S(=O)(=O)c1ccc(F)cc1.O=C(O)C1CCC1Sc1ccc(F)cc1. The van der Waals surface area contributed by atoms with Gasteiger partial charge in [0.1, 0.15) is 51.7 Å². The van der Waals surface area contributed by atoms with Gasteiger partial charge in [-0.3, -0.25) is 19.2 Å². The van der Waals surface area contributed by atoms with Crippen molar-refractivity contribution in [2.45, 2.75) is 231 Å². The van der Waals surface area contributed by atoms with E-state index in [2.05, 4.69) is 40.8 Å². The van der Waals surface area contributed by atoms with Gasteiger partial charge in [0.15, 0.2) is 29.5 Å². The molecule has 14 rings (SSSR count). The van der Waals surface area contributed by atoms with Gasteiger partial charge in [0.25, 0.3) is 0 Å². The number of aryl methyl sites for hydroxylation is 2. The Kier molecular flexibility index (Phi) is 34.9. The number of nitrogens with one attached hydrogen (secondary N) is 2. The molecule has 2 amide bonds. The predicted molar refractivity (Wildman–Crippen MR) is 449 cm³/mol. The van der Waals surface area contributed by atoms with Crippen LogP contribution >= 0.6 is 35.9 Å². The maximum absolute atomic E-state index is 13.1. The molecule has 5 aliphatic rings. The van der Waals surface area contributed by atoms with E-state index in [-0.39, 0.29) is 86.1 Å². The van der Waals surface area contributed by atoms with Crippen molar-refractivity contribution in [1.29, 1.82) is 0 Å². The lowest BCUT2D eigenvalue weighted by Gasteiger charge is -2.36. The number of ether oxygens (including phenoxy) is 2. The number of carbonyl (C=O) groups excluding carboxylic acids is 3. The Morgan fingerprint density at radius 3 is 1.13 bits per heavy atom.